The second-order valence-corrected chi connectivity index (χ2v) is 7.26. The Morgan fingerprint density at radius 1 is 1.24 bits per heavy atom. The fraction of sp³-hybridized carbons (Fsp3) is 0.625. The van der Waals surface area contributed by atoms with E-state index in [1.165, 1.54) is 0 Å². The van der Waals surface area contributed by atoms with E-state index in [-0.39, 0.29) is 18.1 Å². The first-order chi connectivity index (χ1) is 10.0. The van der Waals surface area contributed by atoms with Gasteiger partial charge in [0.05, 0.1) is 6.61 Å². The van der Waals surface area contributed by atoms with Crippen molar-refractivity contribution in [2.75, 3.05) is 6.61 Å². The summed E-state index contributed by atoms with van der Waals surface area (Å²) in [5, 5.41) is 0. The van der Waals surface area contributed by atoms with Crippen LogP contribution in [-0.4, -0.2) is 11.5 Å². The summed E-state index contributed by atoms with van der Waals surface area (Å²) in [6.45, 7) is 4.57. The molecule has 0 saturated carbocycles. The molecule has 1 saturated heterocycles. The molecule has 3 unspecified atom stereocenters. The molecule has 0 aromatic heterocycles. The van der Waals surface area contributed by atoms with Gasteiger partial charge in [-0.3, -0.25) is 9.05 Å². The van der Waals surface area contributed by atoms with Crippen LogP contribution in [0, 0.1) is 5.41 Å². The minimum Gasteiger partial charge on any atom is -0.302 e. The van der Waals surface area contributed by atoms with Gasteiger partial charge >= 0.3 is 7.82 Å². The lowest BCUT2D eigenvalue weighted by Gasteiger charge is -2.44. The average Bonchev–Trinajstić information content (AvgIpc) is 2.49. The summed E-state index contributed by atoms with van der Waals surface area (Å²) in [4.78, 5) is 9.74. The van der Waals surface area contributed by atoms with Gasteiger partial charge in [-0.1, -0.05) is 63.4 Å². The minimum absolute atomic E-state index is 0.219. The normalized spacial score (nSPS) is 33.0. The zero-order chi connectivity index (χ0) is 15.3. The summed E-state index contributed by atoms with van der Waals surface area (Å²) in [6.07, 6.45) is 4.63. The molecule has 1 aromatic rings. The number of unbranched alkanes of at least 4 members (excludes halogenated alkanes) is 1. The van der Waals surface area contributed by atoms with Gasteiger partial charge in [-0.15, -0.1) is 0 Å². The molecule has 1 aliphatic heterocycles. The second-order valence-electron chi connectivity index (χ2n) is 5.85. The van der Waals surface area contributed by atoms with Crippen LogP contribution in [0.4, 0.5) is 0 Å². The number of rotatable bonds is 6. The van der Waals surface area contributed by atoms with Crippen LogP contribution in [0.1, 0.15) is 57.6 Å². The molecular formula is C16H25O4P. The Bertz CT molecular complexity index is 490. The lowest BCUT2D eigenvalue weighted by molar-refractivity contribution is -0.0773. The second kappa shape index (κ2) is 7.06. The molecule has 2 rings (SSSR count). The highest BCUT2D eigenvalue weighted by atomic mass is 31.2. The number of phosphoric ester groups is 1. The van der Waals surface area contributed by atoms with Gasteiger partial charge in [0.1, 0.15) is 6.10 Å². The molecular weight excluding hydrogens is 287 g/mol. The van der Waals surface area contributed by atoms with Gasteiger partial charge < -0.3 is 4.89 Å². The van der Waals surface area contributed by atoms with E-state index in [2.05, 4.69) is 13.8 Å². The standard InChI is InChI=1S/C16H25O4P/c1-3-5-12-16(11-4-2)13-19-21(17,18)20-15(16)14-9-7-6-8-10-14/h6-10,15H,3-5,11-13H2,1-2H3,(H,17,18). The van der Waals surface area contributed by atoms with Gasteiger partial charge in [-0.25, -0.2) is 4.57 Å². The SMILES string of the molecule is CCCCC1(CCC)COP(=O)(O)OC1c1ccccc1. The number of benzene rings is 1. The van der Waals surface area contributed by atoms with Crippen molar-refractivity contribution in [3.8, 4) is 0 Å². The number of phosphoric acid groups is 1. The minimum atomic E-state index is -3.94. The van der Waals surface area contributed by atoms with Crippen molar-refractivity contribution in [2.45, 2.75) is 52.1 Å². The van der Waals surface area contributed by atoms with Crippen LogP contribution in [0.2, 0.25) is 0 Å². The zero-order valence-electron chi connectivity index (χ0n) is 12.8. The van der Waals surface area contributed by atoms with Crippen LogP contribution in [0.25, 0.3) is 0 Å². The van der Waals surface area contributed by atoms with Crippen LogP contribution < -0.4 is 0 Å². The summed E-state index contributed by atoms with van der Waals surface area (Å²) in [5.41, 5.74) is 0.738. The molecule has 1 fully saturated rings. The summed E-state index contributed by atoms with van der Waals surface area (Å²) in [5.74, 6) is 0. The van der Waals surface area contributed by atoms with Crippen LogP contribution in [0.5, 0.6) is 0 Å². The van der Waals surface area contributed by atoms with Gasteiger partial charge in [-0.2, -0.15) is 0 Å². The third-order valence-electron chi connectivity index (χ3n) is 4.19. The lowest BCUT2D eigenvalue weighted by Crippen LogP contribution is -2.38. The van der Waals surface area contributed by atoms with Crippen molar-refractivity contribution in [1.82, 2.24) is 0 Å². The Balaban J connectivity index is 2.36. The largest absolute Gasteiger partial charge is 0.472 e. The van der Waals surface area contributed by atoms with E-state index in [4.69, 9.17) is 9.05 Å². The van der Waals surface area contributed by atoms with Crippen LogP contribution in [0.15, 0.2) is 30.3 Å². The van der Waals surface area contributed by atoms with E-state index >= 15 is 0 Å². The van der Waals surface area contributed by atoms with Crippen molar-refractivity contribution in [2.24, 2.45) is 5.41 Å². The molecule has 1 heterocycles. The quantitative estimate of drug-likeness (QED) is 0.763. The molecule has 1 aliphatic rings. The Morgan fingerprint density at radius 3 is 2.57 bits per heavy atom. The number of hydrogen-bond acceptors (Lipinski definition) is 3. The molecule has 4 nitrogen and oxygen atoms in total. The van der Waals surface area contributed by atoms with E-state index in [9.17, 15) is 9.46 Å². The third-order valence-corrected chi connectivity index (χ3v) is 5.12. The predicted molar refractivity (Wildman–Crippen MR) is 82.9 cm³/mol. The molecule has 118 valence electrons. The number of hydrogen-bond donors (Lipinski definition) is 1. The van der Waals surface area contributed by atoms with Crippen LogP contribution in [-0.2, 0) is 13.6 Å². The highest BCUT2D eigenvalue weighted by molar-refractivity contribution is 7.47. The molecule has 0 spiro atoms. The molecule has 1 N–H and O–H groups in total. The van der Waals surface area contributed by atoms with E-state index < -0.39 is 7.82 Å². The Kier molecular flexibility index (Phi) is 5.61. The predicted octanol–water partition coefficient (Wildman–Crippen LogP) is 4.85. The van der Waals surface area contributed by atoms with Gasteiger partial charge in [0.15, 0.2) is 0 Å². The molecule has 1 aromatic carbocycles. The van der Waals surface area contributed by atoms with Gasteiger partial charge in [-0.05, 0) is 18.4 Å². The zero-order valence-corrected chi connectivity index (χ0v) is 13.7. The topological polar surface area (TPSA) is 55.8 Å². The Labute approximate surface area is 127 Å². The first-order valence-corrected chi connectivity index (χ1v) is 9.23. The maximum Gasteiger partial charge on any atom is 0.472 e. The van der Waals surface area contributed by atoms with E-state index in [1.807, 2.05) is 30.3 Å². The molecule has 0 radical (unpaired) electrons. The summed E-state index contributed by atoms with van der Waals surface area (Å²) >= 11 is 0. The van der Waals surface area contributed by atoms with E-state index in [0.717, 1.165) is 37.7 Å². The van der Waals surface area contributed by atoms with Gasteiger partial charge in [0, 0.05) is 5.41 Å². The van der Waals surface area contributed by atoms with Crippen LogP contribution >= 0.6 is 7.82 Å². The molecule has 5 heteroatoms. The highest BCUT2D eigenvalue weighted by Crippen LogP contribution is 2.61. The average molecular weight is 312 g/mol. The summed E-state index contributed by atoms with van der Waals surface area (Å²) in [6, 6.07) is 9.74. The van der Waals surface area contributed by atoms with E-state index in [1.54, 1.807) is 0 Å². The lowest BCUT2D eigenvalue weighted by atomic mass is 9.72. The first-order valence-electron chi connectivity index (χ1n) is 7.74. The third kappa shape index (κ3) is 3.95. The van der Waals surface area contributed by atoms with Gasteiger partial charge in [0.2, 0.25) is 0 Å². The molecule has 3 atom stereocenters. The van der Waals surface area contributed by atoms with Crippen molar-refractivity contribution in [3.05, 3.63) is 35.9 Å². The van der Waals surface area contributed by atoms with Crippen molar-refractivity contribution in [3.63, 3.8) is 0 Å². The Morgan fingerprint density at radius 2 is 1.95 bits per heavy atom. The summed E-state index contributed by atoms with van der Waals surface area (Å²) < 4.78 is 22.6. The van der Waals surface area contributed by atoms with E-state index in [0.29, 0.717) is 0 Å². The van der Waals surface area contributed by atoms with Crippen molar-refractivity contribution in [1.29, 1.82) is 0 Å². The fourth-order valence-electron chi connectivity index (χ4n) is 3.16. The summed E-state index contributed by atoms with van der Waals surface area (Å²) in [7, 11) is -3.94. The Hall–Kier alpha value is -0.670. The smallest absolute Gasteiger partial charge is 0.302 e. The van der Waals surface area contributed by atoms with Crippen molar-refractivity contribution >= 4 is 7.82 Å². The highest BCUT2D eigenvalue weighted by Gasteiger charge is 2.49. The molecule has 0 bridgehead atoms. The first kappa shape index (κ1) is 16.7. The fourth-order valence-corrected chi connectivity index (χ4v) is 4.25. The maximum absolute atomic E-state index is 11.9. The van der Waals surface area contributed by atoms with Crippen LogP contribution in [0.3, 0.4) is 0 Å². The van der Waals surface area contributed by atoms with Gasteiger partial charge in [0.25, 0.3) is 0 Å². The van der Waals surface area contributed by atoms with Crippen molar-refractivity contribution < 1.29 is 18.5 Å². The maximum atomic E-state index is 11.9. The molecule has 0 aliphatic carbocycles. The monoisotopic (exact) mass is 312 g/mol. The molecule has 0 amide bonds. The molecule has 21 heavy (non-hydrogen) atoms.